The quantitative estimate of drug-likeness (QED) is 0.389. The summed E-state index contributed by atoms with van der Waals surface area (Å²) in [5, 5.41) is 0. The van der Waals surface area contributed by atoms with Gasteiger partial charge in [-0.3, -0.25) is 0 Å². The molecule has 0 bridgehead atoms. The fourth-order valence-electron chi connectivity index (χ4n) is 2.37. The zero-order valence-corrected chi connectivity index (χ0v) is 15.1. The molecule has 0 saturated carbocycles. The van der Waals surface area contributed by atoms with Gasteiger partial charge in [-0.2, -0.15) is 0 Å². The van der Waals surface area contributed by atoms with E-state index in [4.69, 9.17) is 0 Å². The van der Waals surface area contributed by atoms with E-state index in [1.807, 2.05) is 0 Å². The van der Waals surface area contributed by atoms with Gasteiger partial charge in [0.1, 0.15) is 0 Å². The Hall–Kier alpha value is -0.780. The highest BCUT2D eigenvalue weighted by Gasteiger charge is 1.91. The van der Waals surface area contributed by atoms with Crippen molar-refractivity contribution in [1.82, 2.24) is 0 Å². The fraction of sp³-hybridized carbons (Fsp3) is 0.714. The zero-order chi connectivity index (χ0) is 15.8. The molecule has 21 heavy (non-hydrogen) atoms. The van der Waals surface area contributed by atoms with Crippen LogP contribution in [0.3, 0.4) is 0 Å². The minimum Gasteiger partial charge on any atom is -0.0654 e. The van der Waals surface area contributed by atoms with Crippen LogP contribution >= 0.6 is 0 Å². The molecule has 0 heterocycles. The van der Waals surface area contributed by atoms with Crippen LogP contribution < -0.4 is 0 Å². The Balaban J connectivity index is 0.000000423. The molecule has 0 radical (unpaired) electrons. The van der Waals surface area contributed by atoms with E-state index < -0.39 is 0 Å². The van der Waals surface area contributed by atoms with Crippen molar-refractivity contribution in [2.75, 3.05) is 0 Å². The van der Waals surface area contributed by atoms with E-state index in [0.717, 1.165) is 0 Å². The van der Waals surface area contributed by atoms with Crippen molar-refractivity contribution in [2.24, 2.45) is 0 Å². The van der Waals surface area contributed by atoms with E-state index in [-0.39, 0.29) is 0 Å². The number of hydrogen-bond acceptors (Lipinski definition) is 0. The van der Waals surface area contributed by atoms with Gasteiger partial charge in [0.2, 0.25) is 0 Å². The monoisotopic (exact) mass is 290 g/mol. The van der Waals surface area contributed by atoms with Gasteiger partial charge in [-0.1, -0.05) is 120 Å². The number of aryl methyl sites for hydroxylation is 2. The standard InChI is InChI=1S/C13H28.C8H10/c1-3-5-7-9-11-13-12-10-8-6-4-2;1-7-3-5-8(2)6-4-7/h3-13H2,1-2H3;3-6H,1-2H3. The van der Waals surface area contributed by atoms with Gasteiger partial charge in [-0.25, -0.2) is 0 Å². The SMILES string of the molecule is CCCCCCCCCCCCC.Cc1ccc(C)cc1. The van der Waals surface area contributed by atoms with Crippen LogP contribution in [-0.2, 0) is 0 Å². The van der Waals surface area contributed by atoms with Gasteiger partial charge in [-0.15, -0.1) is 0 Å². The molecular weight excluding hydrogens is 252 g/mol. The summed E-state index contributed by atoms with van der Waals surface area (Å²) >= 11 is 0. The summed E-state index contributed by atoms with van der Waals surface area (Å²) in [5.41, 5.74) is 2.66. The van der Waals surface area contributed by atoms with E-state index in [9.17, 15) is 0 Å². The lowest BCUT2D eigenvalue weighted by Gasteiger charge is -2.00. The molecule has 0 aromatic heterocycles. The molecule has 0 nitrogen and oxygen atoms in total. The van der Waals surface area contributed by atoms with Crippen LogP contribution in [0.25, 0.3) is 0 Å². The van der Waals surface area contributed by atoms with Crippen molar-refractivity contribution in [3.05, 3.63) is 35.4 Å². The van der Waals surface area contributed by atoms with E-state index in [0.29, 0.717) is 0 Å². The van der Waals surface area contributed by atoms with Crippen LogP contribution in [0.5, 0.6) is 0 Å². The molecule has 0 aliphatic carbocycles. The lowest BCUT2D eigenvalue weighted by molar-refractivity contribution is 0.554. The van der Waals surface area contributed by atoms with Crippen LogP contribution in [-0.4, -0.2) is 0 Å². The maximum atomic E-state index is 2.28. The highest BCUT2D eigenvalue weighted by atomic mass is 14.0. The second-order valence-electron chi connectivity index (χ2n) is 6.34. The van der Waals surface area contributed by atoms with Gasteiger partial charge >= 0.3 is 0 Å². The molecule has 0 aliphatic rings. The Morgan fingerprint density at radius 1 is 0.476 bits per heavy atom. The molecule has 0 atom stereocenters. The second-order valence-corrected chi connectivity index (χ2v) is 6.34. The van der Waals surface area contributed by atoms with Crippen molar-refractivity contribution in [2.45, 2.75) is 98.3 Å². The maximum Gasteiger partial charge on any atom is -0.0398 e. The highest BCUT2D eigenvalue weighted by Crippen LogP contribution is 2.10. The first kappa shape index (κ1) is 20.2. The van der Waals surface area contributed by atoms with E-state index >= 15 is 0 Å². The molecule has 0 spiro atoms. The third-order valence-electron chi connectivity index (χ3n) is 3.93. The van der Waals surface area contributed by atoms with Crippen LogP contribution in [0.2, 0.25) is 0 Å². The van der Waals surface area contributed by atoms with Gasteiger partial charge in [0.05, 0.1) is 0 Å². The summed E-state index contributed by atoms with van der Waals surface area (Å²) in [4.78, 5) is 0. The first-order valence-electron chi connectivity index (χ1n) is 9.24. The smallest absolute Gasteiger partial charge is 0.0398 e. The third-order valence-corrected chi connectivity index (χ3v) is 3.93. The van der Waals surface area contributed by atoms with E-state index in [1.54, 1.807) is 0 Å². The Labute approximate surface area is 134 Å². The topological polar surface area (TPSA) is 0 Å². The summed E-state index contributed by atoms with van der Waals surface area (Å²) < 4.78 is 0. The lowest BCUT2D eigenvalue weighted by atomic mass is 10.1. The lowest BCUT2D eigenvalue weighted by Crippen LogP contribution is -1.80. The van der Waals surface area contributed by atoms with Crippen molar-refractivity contribution < 1.29 is 0 Å². The molecule has 1 aromatic rings. The Morgan fingerprint density at radius 2 is 0.714 bits per heavy atom. The second kappa shape index (κ2) is 15.6. The predicted molar refractivity (Wildman–Crippen MR) is 98.1 cm³/mol. The molecule has 0 unspecified atom stereocenters. The van der Waals surface area contributed by atoms with E-state index in [1.165, 1.54) is 81.8 Å². The third kappa shape index (κ3) is 15.4. The number of hydrogen-bond donors (Lipinski definition) is 0. The molecular formula is C21H38. The summed E-state index contributed by atoms with van der Waals surface area (Å²) in [6.45, 7) is 8.76. The largest absolute Gasteiger partial charge is 0.0654 e. The molecule has 1 aromatic carbocycles. The Morgan fingerprint density at radius 3 is 0.952 bits per heavy atom. The summed E-state index contributed by atoms with van der Waals surface area (Å²) in [5.74, 6) is 0. The average Bonchev–Trinajstić information content (AvgIpc) is 2.49. The molecule has 0 heteroatoms. The first-order chi connectivity index (χ1) is 10.2. The van der Waals surface area contributed by atoms with Gasteiger partial charge in [0, 0.05) is 0 Å². The highest BCUT2D eigenvalue weighted by molar-refractivity contribution is 5.19. The summed E-state index contributed by atoms with van der Waals surface area (Å²) in [7, 11) is 0. The summed E-state index contributed by atoms with van der Waals surface area (Å²) in [6.07, 6.45) is 15.9. The molecule has 0 fully saturated rings. The maximum absolute atomic E-state index is 2.28. The molecule has 0 amide bonds. The van der Waals surface area contributed by atoms with Gasteiger partial charge in [-0.05, 0) is 13.8 Å². The molecule has 0 N–H and O–H groups in total. The fourth-order valence-corrected chi connectivity index (χ4v) is 2.37. The van der Waals surface area contributed by atoms with Gasteiger partial charge < -0.3 is 0 Å². The normalized spacial score (nSPS) is 10.1. The van der Waals surface area contributed by atoms with Crippen molar-refractivity contribution >= 4 is 0 Å². The predicted octanol–water partition coefficient (Wildman–Crippen LogP) is 7.62. The van der Waals surface area contributed by atoms with Crippen LogP contribution in [0.1, 0.15) is 95.6 Å². The van der Waals surface area contributed by atoms with Crippen LogP contribution in [0, 0.1) is 13.8 Å². The molecule has 0 saturated heterocycles. The van der Waals surface area contributed by atoms with E-state index in [2.05, 4.69) is 52.0 Å². The minimum absolute atomic E-state index is 1.33. The molecule has 0 aliphatic heterocycles. The number of rotatable bonds is 10. The van der Waals surface area contributed by atoms with Crippen LogP contribution in [0.4, 0.5) is 0 Å². The van der Waals surface area contributed by atoms with Crippen molar-refractivity contribution in [3.63, 3.8) is 0 Å². The van der Waals surface area contributed by atoms with Crippen molar-refractivity contribution in [1.29, 1.82) is 0 Å². The van der Waals surface area contributed by atoms with Crippen LogP contribution in [0.15, 0.2) is 24.3 Å². The summed E-state index contributed by atoms with van der Waals surface area (Å²) in [6, 6.07) is 8.48. The number of unbranched alkanes of at least 4 members (excludes halogenated alkanes) is 10. The number of benzene rings is 1. The first-order valence-corrected chi connectivity index (χ1v) is 9.24. The Bertz CT molecular complexity index is 265. The molecule has 122 valence electrons. The Kier molecular flexibility index (Phi) is 15.0. The van der Waals surface area contributed by atoms with Gasteiger partial charge in [0.25, 0.3) is 0 Å². The zero-order valence-electron chi connectivity index (χ0n) is 15.1. The minimum atomic E-state index is 1.33. The molecule has 1 rings (SSSR count). The average molecular weight is 291 g/mol. The van der Waals surface area contributed by atoms with Gasteiger partial charge in [0.15, 0.2) is 0 Å². The van der Waals surface area contributed by atoms with Crippen molar-refractivity contribution in [3.8, 4) is 0 Å².